The van der Waals surface area contributed by atoms with Crippen molar-refractivity contribution >= 4 is 11.8 Å². The largest absolute Gasteiger partial charge is 0.352 e. The molecule has 0 bridgehead atoms. The molecule has 0 heterocycles. The SMILES string of the molecule is Cc1cc(C(CC(=O)NCC(=O)NC2CC2)C2CC2)ccc1F. The van der Waals surface area contributed by atoms with Crippen LogP contribution in [0.1, 0.15) is 49.1 Å². The Bertz CT molecular complexity index is 609. The number of nitrogens with one attached hydrogen (secondary N) is 2. The average Bonchev–Trinajstić information content (AvgIpc) is 3.39. The van der Waals surface area contributed by atoms with Gasteiger partial charge < -0.3 is 10.6 Å². The van der Waals surface area contributed by atoms with E-state index in [-0.39, 0.29) is 30.1 Å². The Morgan fingerprint density at radius 1 is 1.22 bits per heavy atom. The summed E-state index contributed by atoms with van der Waals surface area (Å²) in [4.78, 5) is 23.8. The van der Waals surface area contributed by atoms with E-state index in [0.29, 0.717) is 23.9 Å². The molecule has 1 aromatic carbocycles. The Morgan fingerprint density at radius 2 is 1.96 bits per heavy atom. The molecule has 1 unspecified atom stereocenters. The maximum atomic E-state index is 13.4. The zero-order valence-electron chi connectivity index (χ0n) is 13.4. The van der Waals surface area contributed by atoms with Crippen LogP contribution in [-0.4, -0.2) is 24.4 Å². The maximum absolute atomic E-state index is 13.4. The predicted octanol–water partition coefficient (Wildman–Crippen LogP) is 2.41. The van der Waals surface area contributed by atoms with Gasteiger partial charge in [0.05, 0.1) is 6.54 Å². The highest BCUT2D eigenvalue weighted by molar-refractivity contribution is 5.85. The van der Waals surface area contributed by atoms with Crippen molar-refractivity contribution in [1.29, 1.82) is 0 Å². The molecule has 0 aromatic heterocycles. The average molecular weight is 318 g/mol. The first-order chi connectivity index (χ1) is 11.0. The minimum absolute atomic E-state index is 0.0369. The van der Waals surface area contributed by atoms with Gasteiger partial charge in [-0.05, 0) is 61.6 Å². The summed E-state index contributed by atoms with van der Waals surface area (Å²) in [5, 5.41) is 5.55. The molecule has 4 nitrogen and oxygen atoms in total. The predicted molar refractivity (Wildman–Crippen MR) is 85.4 cm³/mol. The van der Waals surface area contributed by atoms with Gasteiger partial charge in [-0.1, -0.05) is 12.1 Å². The van der Waals surface area contributed by atoms with Crippen molar-refractivity contribution < 1.29 is 14.0 Å². The monoisotopic (exact) mass is 318 g/mol. The van der Waals surface area contributed by atoms with Crippen molar-refractivity contribution in [2.45, 2.75) is 51.0 Å². The molecular weight excluding hydrogens is 295 g/mol. The van der Waals surface area contributed by atoms with E-state index in [1.807, 2.05) is 6.07 Å². The Morgan fingerprint density at radius 3 is 2.57 bits per heavy atom. The summed E-state index contributed by atoms with van der Waals surface area (Å²) >= 11 is 0. The lowest BCUT2D eigenvalue weighted by atomic mass is 9.89. The maximum Gasteiger partial charge on any atom is 0.239 e. The van der Waals surface area contributed by atoms with Gasteiger partial charge in [-0.25, -0.2) is 4.39 Å². The fourth-order valence-electron chi connectivity index (χ4n) is 2.91. The lowest BCUT2D eigenvalue weighted by Crippen LogP contribution is -2.38. The number of amides is 2. The molecule has 2 aliphatic carbocycles. The van der Waals surface area contributed by atoms with Crippen LogP contribution >= 0.6 is 0 Å². The van der Waals surface area contributed by atoms with E-state index in [2.05, 4.69) is 10.6 Å². The minimum Gasteiger partial charge on any atom is -0.352 e. The van der Waals surface area contributed by atoms with Crippen molar-refractivity contribution in [2.24, 2.45) is 5.92 Å². The highest BCUT2D eigenvalue weighted by Gasteiger charge is 2.34. The Kier molecular flexibility index (Phi) is 4.64. The van der Waals surface area contributed by atoms with Gasteiger partial charge in [0.2, 0.25) is 11.8 Å². The van der Waals surface area contributed by atoms with Gasteiger partial charge in [0, 0.05) is 12.5 Å². The summed E-state index contributed by atoms with van der Waals surface area (Å²) in [7, 11) is 0. The zero-order chi connectivity index (χ0) is 16.4. The molecule has 0 aliphatic heterocycles. The number of carbonyl (C=O) groups excluding carboxylic acids is 2. The second kappa shape index (κ2) is 6.69. The summed E-state index contributed by atoms with van der Waals surface area (Å²) in [6, 6.07) is 5.39. The van der Waals surface area contributed by atoms with Gasteiger partial charge in [0.25, 0.3) is 0 Å². The molecule has 2 amide bonds. The van der Waals surface area contributed by atoms with Gasteiger partial charge in [-0.15, -0.1) is 0 Å². The van der Waals surface area contributed by atoms with Crippen LogP contribution in [0.2, 0.25) is 0 Å². The Hall–Kier alpha value is -1.91. The van der Waals surface area contributed by atoms with E-state index in [0.717, 1.165) is 31.2 Å². The van der Waals surface area contributed by atoms with Crippen molar-refractivity contribution in [1.82, 2.24) is 10.6 Å². The molecule has 1 atom stereocenters. The van der Waals surface area contributed by atoms with Crippen molar-refractivity contribution in [3.8, 4) is 0 Å². The summed E-state index contributed by atoms with van der Waals surface area (Å²) in [6.07, 6.45) is 4.64. The summed E-state index contributed by atoms with van der Waals surface area (Å²) < 4.78 is 13.4. The number of benzene rings is 1. The van der Waals surface area contributed by atoms with Crippen LogP contribution in [0.5, 0.6) is 0 Å². The van der Waals surface area contributed by atoms with Crippen molar-refractivity contribution in [3.05, 3.63) is 35.1 Å². The second-order valence-electron chi connectivity index (χ2n) is 6.78. The third kappa shape index (κ3) is 4.53. The number of carbonyl (C=O) groups is 2. The molecule has 1 aromatic rings. The molecule has 0 saturated heterocycles. The summed E-state index contributed by atoms with van der Waals surface area (Å²) in [6.45, 7) is 1.78. The second-order valence-corrected chi connectivity index (χ2v) is 6.78. The number of hydrogen-bond donors (Lipinski definition) is 2. The minimum atomic E-state index is -0.218. The number of rotatable bonds is 7. The first-order valence-electron chi connectivity index (χ1n) is 8.35. The van der Waals surface area contributed by atoms with Crippen LogP contribution < -0.4 is 10.6 Å². The van der Waals surface area contributed by atoms with Crippen molar-refractivity contribution in [2.75, 3.05) is 6.54 Å². The van der Waals surface area contributed by atoms with E-state index in [9.17, 15) is 14.0 Å². The van der Waals surface area contributed by atoms with Crippen molar-refractivity contribution in [3.63, 3.8) is 0 Å². The van der Waals surface area contributed by atoms with Gasteiger partial charge >= 0.3 is 0 Å². The van der Waals surface area contributed by atoms with Crippen LogP contribution in [-0.2, 0) is 9.59 Å². The highest BCUT2D eigenvalue weighted by atomic mass is 19.1. The molecule has 0 spiro atoms. The summed E-state index contributed by atoms with van der Waals surface area (Å²) in [5.74, 6) is 0.146. The molecule has 2 saturated carbocycles. The Balaban J connectivity index is 1.55. The first kappa shape index (κ1) is 16.0. The van der Waals surface area contributed by atoms with E-state index in [1.54, 1.807) is 13.0 Å². The van der Waals surface area contributed by atoms with E-state index in [4.69, 9.17) is 0 Å². The lowest BCUT2D eigenvalue weighted by Gasteiger charge is -2.17. The van der Waals surface area contributed by atoms with E-state index in [1.165, 1.54) is 6.07 Å². The van der Waals surface area contributed by atoms with E-state index < -0.39 is 0 Å². The zero-order valence-corrected chi connectivity index (χ0v) is 13.4. The molecule has 124 valence electrons. The number of aryl methyl sites for hydroxylation is 1. The smallest absolute Gasteiger partial charge is 0.239 e. The molecular formula is C18H23FN2O2. The first-order valence-corrected chi connectivity index (χ1v) is 8.35. The quantitative estimate of drug-likeness (QED) is 0.811. The normalized spacial score (nSPS) is 18.3. The lowest BCUT2D eigenvalue weighted by molar-refractivity contribution is -0.126. The number of hydrogen-bond acceptors (Lipinski definition) is 2. The molecule has 2 aliphatic rings. The molecule has 0 radical (unpaired) electrons. The van der Waals surface area contributed by atoms with Crippen LogP contribution in [0.3, 0.4) is 0 Å². The Labute approximate surface area is 135 Å². The van der Waals surface area contributed by atoms with E-state index >= 15 is 0 Å². The molecule has 3 rings (SSSR count). The molecule has 23 heavy (non-hydrogen) atoms. The van der Waals surface area contributed by atoms with Gasteiger partial charge in [0.1, 0.15) is 5.82 Å². The fraction of sp³-hybridized carbons (Fsp3) is 0.556. The standard InChI is InChI=1S/C18H23FN2O2/c1-11-8-13(4-7-16(11)19)15(12-2-3-12)9-17(22)20-10-18(23)21-14-5-6-14/h4,7-8,12,14-15H,2-3,5-6,9-10H2,1H3,(H,20,22)(H,21,23). The highest BCUT2D eigenvalue weighted by Crippen LogP contribution is 2.44. The topological polar surface area (TPSA) is 58.2 Å². The van der Waals surface area contributed by atoms with Crippen LogP contribution in [0, 0.1) is 18.7 Å². The van der Waals surface area contributed by atoms with Gasteiger partial charge in [-0.3, -0.25) is 9.59 Å². The number of halogens is 1. The van der Waals surface area contributed by atoms with Crippen LogP contribution in [0.4, 0.5) is 4.39 Å². The van der Waals surface area contributed by atoms with Gasteiger partial charge in [-0.2, -0.15) is 0 Å². The summed E-state index contributed by atoms with van der Waals surface area (Å²) in [5.41, 5.74) is 1.63. The van der Waals surface area contributed by atoms with Gasteiger partial charge in [0.15, 0.2) is 0 Å². The van der Waals surface area contributed by atoms with Crippen LogP contribution in [0.15, 0.2) is 18.2 Å². The third-order valence-corrected chi connectivity index (χ3v) is 4.60. The fourth-order valence-corrected chi connectivity index (χ4v) is 2.91. The third-order valence-electron chi connectivity index (χ3n) is 4.60. The van der Waals surface area contributed by atoms with Crippen LogP contribution in [0.25, 0.3) is 0 Å². The molecule has 5 heteroatoms. The molecule has 2 fully saturated rings. The molecule has 2 N–H and O–H groups in total.